The fraction of sp³-hybridized carbons (Fsp3) is 0. The molecule has 0 aliphatic rings. The van der Waals surface area contributed by atoms with Crippen LogP contribution >= 0.6 is 46.8 Å². The lowest BCUT2D eigenvalue weighted by Crippen LogP contribution is -2.17. The minimum Gasteiger partial charge on any atom is -0.382 e. The zero-order valence-corrected chi connectivity index (χ0v) is 13.7. The van der Waals surface area contributed by atoms with Crippen LogP contribution in [0.2, 0.25) is 15.1 Å². The maximum Gasteiger partial charge on any atom is 0.152 e. The number of hydrogen-bond acceptors (Lipinski definition) is 4. The number of nitrogens with two attached hydrogens (primary N) is 2. The number of benzene rings is 2. The van der Waals surface area contributed by atoms with E-state index in [9.17, 15) is 0 Å². The molecule has 2 aromatic carbocycles. The molecule has 0 aromatic heterocycles. The molecule has 0 saturated carbocycles. The molecule has 5 N–H and O–H groups in total. The van der Waals surface area contributed by atoms with E-state index < -0.39 is 0 Å². The van der Waals surface area contributed by atoms with Crippen molar-refractivity contribution in [1.82, 2.24) is 0 Å². The highest BCUT2D eigenvalue weighted by molar-refractivity contribution is 8.00. The molecule has 0 spiro atoms. The van der Waals surface area contributed by atoms with Crippen LogP contribution in [-0.4, -0.2) is 5.84 Å². The van der Waals surface area contributed by atoms with Crippen LogP contribution in [0.15, 0.2) is 46.4 Å². The minimum absolute atomic E-state index is 0.190. The number of anilines is 1. The Morgan fingerprint density at radius 1 is 1.05 bits per heavy atom. The Labute approximate surface area is 141 Å². The van der Waals surface area contributed by atoms with E-state index in [1.807, 2.05) is 6.07 Å². The largest absolute Gasteiger partial charge is 0.382 e. The number of hydrazone groups is 1. The lowest BCUT2D eigenvalue weighted by atomic mass is 10.1. The van der Waals surface area contributed by atoms with Gasteiger partial charge in [0.2, 0.25) is 0 Å². The summed E-state index contributed by atoms with van der Waals surface area (Å²) in [5.41, 5.74) is 7.12. The van der Waals surface area contributed by atoms with Crippen molar-refractivity contribution in [1.29, 1.82) is 0 Å². The Bertz CT molecular complexity index is 691. The topological polar surface area (TPSA) is 76.4 Å². The highest BCUT2D eigenvalue weighted by Crippen LogP contribution is 2.30. The average Bonchev–Trinajstić information content (AvgIpc) is 2.48. The molecule has 0 saturated heterocycles. The number of nitrogens with zero attached hydrogens (tertiary/aromatic N) is 1. The van der Waals surface area contributed by atoms with Crippen LogP contribution in [0.1, 0.15) is 5.56 Å². The fourth-order valence-corrected chi connectivity index (χ4v) is 2.79. The van der Waals surface area contributed by atoms with Gasteiger partial charge in [-0.05, 0) is 48.3 Å². The highest BCUT2D eigenvalue weighted by atomic mass is 35.5. The monoisotopic (exact) mass is 360 g/mol. The normalized spacial score (nSPS) is 11.5. The molecule has 2 aromatic rings. The van der Waals surface area contributed by atoms with Gasteiger partial charge in [0.05, 0.1) is 15.7 Å². The van der Waals surface area contributed by atoms with Crippen LogP contribution in [0.5, 0.6) is 0 Å². The average molecular weight is 362 g/mol. The van der Waals surface area contributed by atoms with Crippen LogP contribution in [-0.2, 0) is 0 Å². The van der Waals surface area contributed by atoms with Crippen LogP contribution in [0.25, 0.3) is 0 Å². The summed E-state index contributed by atoms with van der Waals surface area (Å²) in [5, 5.41) is 5.03. The lowest BCUT2D eigenvalue weighted by molar-refractivity contribution is 1.23. The lowest BCUT2D eigenvalue weighted by Gasteiger charge is -2.11. The van der Waals surface area contributed by atoms with E-state index >= 15 is 0 Å². The summed E-state index contributed by atoms with van der Waals surface area (Å²) in [5.74, 6) is 5.41. The molecule has 0 heterocycles. The van der Waals surface area contributed by atoms with Gasteiger partial charge in [0.15, 0.2) is 5.84 Å². The molecule has 0 aliphatic carbocycles. The Hall–Kier alpha value is -1.27. The Morgan fingerprint density at radius 2 is 1.81 bits per heavy atom. The predicted molar refractivity (Wildman–Crippen MR) is 92.3 cm³/mol. The summed E-state index contributed by atoms with van der Waals surface area (Å²) in [6.07, 6.45) is 0. The van der Waals surface area contributed by atoms with Crippen molar-refractivity contribution < 1.29 is 0 Å². The maximum atomic E-state index is 5.97. The van der Waals surface area contributed by atoms with E-state index in [0.717, 1.165) is 10.6 Å². The van der Waals surface area contributed by atoms with Crippen molar-refractivity contribution in [2.24, 2.45) is 16.7 Å². The van der Waals surface area contributed by atoms with Gasteiger partial charge in [-0.15, -0.1) is 0 Å². The van der Waals surface area contributed by atoms with Crippen molar-refractivity contribution in [3.8, 4) is 0 Å². The molecule has 0 atom stereocenters. The number of halogens is 3. The third-order valence-electron chi connectivity index (χ3n) is 2.57. The molecular weight excluding hydrogens is 351 g/mol. The molecule has 0 aliphatic heterocycles. The third kappa shape index (κ3) is 4.11. The van der Waals surface area contributed by atoms with E-state index in [2.05, 4.69) is 9.82 Å². The second kappa shape index (κ2) is 7.13. The van der Waals surface area contributed by atoms with Crippen LogP contribution in [0.4, 0.5) is 5.69 Å². The number of rotatable bonds is 4. The molecule has 110 valence electrons. The van der Waals surface area contributed by atoms with Crippen molar-refractivity contribution in [2.45, 2.75) is 4.90 Å². The number of nitrogens with one attached hydrogen (secondary N) is 1. The summed E-state index contributed by atoms with van der Waals surface area (Å²) < 4.78 is 3.16. The van der Waals surface area contributed by atoms with Gasteiger partial charge < -0.3 is 16.3 Å². The van der Waals surface area contributed by atoms with E-state index in [4.69, 9.17) is 46.4 Å². The van der Waals surface area contributed by atoms with Gasteiger partial charge in [0, 0.05) is 15.5 Å². The van der Waals surface area contributed by atoms with E-state index in [-0.39, 0.29) is 5.84 Å². The van der Waals surface area contributed by atoms with Crippen molar-refractivity contribution >= 4 is 58.3 Å². The van der Waals surface area contributed by atoms with Gasteiger partial charge in [-0.3, -0.25) is 0 Å². The Kier molecular flexibility index (Phi) is 5.47. The third-order valence-corrected chi connectivity index (χ3v) is 4.35. The van der Waals surface area contributed by atoms with Crippen LogP contribution < -0.4 is 16.3 Å². The number of amidine groups is 1. The summed E-state index contributed by atoms with van der Waals surface area (Å²) in [6, 6.07) is 10.6. The van der Waals surface area contributed by atoms with Crippen molar-refractivity contribution in [2.75, 3.05) is 4.72 Å². The zero-order valence-electron chi connectivity index (χ0n) is 10.6. The van der Waals surface area contributed by atoms with Gasteiger partial charge in [-0.2, -0.15) is 5.10 Å². The molecule has 0 unspecified atom stereocenters. The molecule has 0 fully saturated rings. The highest BCUT2D eigenvalue weighted by Gasteiger charge is 2.08. The molecule has 4 nitrogen and oxygen atoms in total. The summed E-state index contributed by atoms with van der Waals surface area (Å²) in [4.78, 5) is 0.897. The van der Waals surface area contributed by atoms with Gasteiger partial charge in [-0.1, -0.05) is 34.8 Å². The van der Waals surface area contributed by atoms with Gasteiger partial charge >= 0.3 is 0 Å². The first-order chi connectivity index (χ1) is 10.0. The van der Waals surface area contributed by atoms with Crippen LogP contribution in [0, 0.1) is 0 Å². The molecule has 0 bridgehead atoms. The molecular formula is C13H11Cl3N4S. The Balaban J connectivity index is 2.21. The Morgan fingerprint density at radius 3 is 2.48 bits per heavy atom. The second-order valence-corrected chi connectivity index (χ2v) is 6.11. The van der Waals surface area contributed by atoms with Gasteiger partial charge in [0.1, 0.15) is 0 Å². The standard InChI is InChI=1S/C13H11Cl3N4S/c14-7-1-4-12(9(5-7)13(17)19-18)20-21-8-2-3-10(15)11(16)6-8/h1-6,20H,18H2,(H2,17,19). The van der Waals surface area contributed by atoms with Crippen LogP contribution in [0.3, 0.4) is 0 Å². The number of hydrogen-bond donors (Lipinski definition) is 3. The molecule has 21 heavy (non-hydrogen) atoms. The molecule has 2 rings (SSSR count). The van der Waals surface area contributed by atoms with Crippen molar-refractivity contribution in [3.63, 3.8) is 0 Å². The second-order valence-electron chi connectivity index (χ2n) is 3.98. The van der Waals surface area contributed by atoms with Gasteiger partial charge in [-0.25, -0.2) is 0 Å². The first-order valence-electron chi connectivity index (χ1n) is 5.72. The predicted octanol–water partition coefficient (Wildman–Crippen LogP) is 4.35. The smallest absolute Gasteiger partial charge is 0.152 e. The van der Waals surface area contributed by atoms with E-state index in [1.165, 1.54) is 11.9 Å². The molecule has 0 radical (unpaired) electrons. The SMILES string of the molecule is N/N=C(\N)c1cc(Cl)ccc1NSc1ccc(Cl)c(Cl)c1. The van der Waals surface area contributed by atoms with E-state index in [1.54, 1.807) is 30.3 Å². The molecule has 0 amide bonds. The minimum atomic E-state index is 0.190. The van der Waals surface area contributed by atoms with E-state index in [0.29, 0.717) is 20.6 Å². The summed E-state index contributed by atoms with van der Waals surface area (Å²) in [6.45, 7) is 0. The maximum absolute atomic E-state index is 5.97. The fourth-order valence-electron chi connectivity index (χ4n) is 1.54. The van der Waals surface area contributed by atoms with Crippen molar-refractivity contribution in [3.05, 3.63) is 57.0 Å². The summed E-state index contributed by atoms with van der Waals surface area (Å²) >= 11 is 19.2. The van der Waals surface area contributed by atoms with Gasteiger partial charge in [0.25, 0.3) is 0 Å². The zero-order chi connectivity index (χ0) is 15.4. The quantitative estimate of drug-likeness (QED) is 0.249. The first kappa shape index (κ1) is 16.1. The molecule has 8 heteroatoms. The first-order valence-corrected chi connectivity index (χ1v) is 7.67. The summed E-state index contributed by atoms with van der Waals surface area (Å²) in [7, 11) is 0.